The molecule has 0 saturated carbocycles. The van der Waals surface area contributed by atoms with Gasteiger partial charge in [0.2, 0.25) is 0 Å². The molecule has 1 aromatic heterocycles. The van der Waals surface area contributed by atoms with E-state index in [4.69, 9.17) is 9.47 Å². The minimum Gasteiger partial charge on any atom is -0.497 e. The number of allylic oxidation sites excluding steroid dienone is 1. The van der Waals surface area contributed by atoms with Crippen LogP contribution in [-0.2, 0) is 19.4 Å². The predicted octanol–water partition coefficient (Wildman–Crippen LogP) is 4.94. The Morgan fingerprint density at radius 2 is 1.76 bits per heavy atom. The van der Waals surface area contributed by atoms with Crippen LogP contribution >= 0.6 is 0 Å². The fourth-order valence-electron chi connectivity index (χ4n) is 4.20. The smallest absolute Gasteiger partial charge is 0.278 e. The van der Waals surface area contributed by atoms with E-state index >= 15 is 4.39 Å². The summed E-state index contributed by atoms with van der Waals surface area (Å²) in [5.74, 6) is -1.90. The van der Waals surface area contributed by atoms with Gasteiger partial charge in [0, 0.05) is 42.7 Å². The lowest BCUT2D eigenvalue weighted by atomic mass is 10.2. The van der Waals surface area contributed by atoms with Crippen LogP contribution in [0.2, 0.25) is 0 Å². The van der Waals surface area contributed by atoms with Gasteiger partial charge < -0.3 is 14.8 Å². The van der Waals surface area contributed by atoms with Gasteiger partial charge in [-0.2, -0.15) is 0 Å². The van der Waals surface area contributed by atoms with Crippen LogP contribution in [0.4, 0.5) is 15.8 Å². The second kappa shape index (κ2) is 12.8. The number of fused-ring (bicyclic) bond motifs is 1. The number of benzene rings is 3. The number of carbonyl (C=O) groups is 2. The van der Waals surface area contributed by atoms with E-state index in [0.29, 0.717) is 28.1 Å². The Morgan fingerprint density at radius 1 is 1.02 bits per heavy atom. The van der Waals surface area contributed by atoms with Crippen molar-refractivity contribution in [2.24, 2.45) is 0 Å². The second-order valence-electron chi connectivity index (χ2n) is 9.26. The van der Waals surface area contributed by atoms with Crippen LogP contribution in [0.3, 0.4) is 0 Å². The lowest BCUT2D eigenvalue weighted by Crippen LogP contribution is -2.48. The van der Waals surface area contributed by atoms with Crippen molar-refractivity contribution in [2.45, 2.75) is 6.92 Å². The highest BCUT2D eigenvalue weighted by molar-refractivity contribution is 7.90. The third-order valence-electron chi connectivity index (χ3n) is 6.04. The Hall–Kier alpha value is -4.81. The minimum atomic E-state index is -3.51. The molecule has 218 valence electrons. The monoisotopic (exact) mass is 592 g/mol. The number of amides is 2. The van der Waals surface area contributed by atoms with E-state index in [9.17, 15) is 18.0 Å². The van der Waals surface area contributed by atoms with Gasteiger partial charge in [0.05, 0.1) is 18.3 Å². The SMILES string of the molecule is C/C=C(\C(=O)Nc1ccc(Oc2ccnc3cc(OC)ccc23)c(F)c1)C(=O)N(c1ccccc1)N(C)CS(C)(=O)=O. The van der Waals surface area contributed by atoms with Crippen molar-refractivity contribution < 1.29 is 31.9 Å². The van der Waals surface area contributed by atoms with E-state index < -0.39 is 33.3 Å². The summed E-state index contributed by atoms with van der Waals surface area (Å²) in [5.41, 5.74) is 0.762. The Balaban J connectivity index is 1.54. The highest BCUT2D eigenvalue weighted by Gasteiger charge is 2.29. The summed E-state index contributed by atoms with van der Waals surface area (Å²) >= 11 is 0. The van der Waals surface area contributed by atoms with Gasteiger partial charge in [-0.05, 0) is 49.4 Å². The summed E-state index contributed by atoms with van der Waals surface area (Å²) in [4.78, 5) is 31.0. The molecule has 1 heterocycles. The normalized spacial score (nSPS) is 11.8. The van der Waals surface area contributed by atoms with Crippen LogP contribution in [0, 0.1) is 5.82 Å². The molecule has 0 aliphatic rings. The van der Waals surface area contributed by atoms with Crippen molar-refractivity contribution in [1.82, 2.24) is 9.99 Å². The summed E-state index contributed by atoms with van der Waals surface area (Å²) in [7, 11) is -0.540. The number of nitrogens with one attached hydrogen (secondary N) is 1. The summed E-state index contributed by atoms with van der Waals surface area (Å²) in [6.45, 7) is 1.50. The van der Waals surface area contributed by atoms with Crippen LogP contribution in [0.15, 0.2) is 90.6 Å². The van der Waals surface area contributed by atoms with Crippen LogP contribution in [0.1, 0.15) is 6.92 Å². The summed E-state index contributed by atoms with van der Waals surface area (Å²) < 4.78 is 50.0. The topological polar surface area (TPSA) is 118 Å². The zero-order chi connectivity index (χ0) is 30.4. The van der Waals surface area contributed by atoms with Crippen molar-refractivity contribution in [3.05, 3.63) is 96.5 Å². The molecule has 0 aliphatic heterocycles. The number of ether oxygens (including phenoxy) is 2. The minimum absolute atomic E-state index is 0.0806. The number of sulfone groups is 1. The third kappa shape index (κ3) is 7.09. The van der Waals surface area contributed by atoms with Gasteiger partial charge in [-0.15, -0.1) is 0 Å². The fourth-order valence-corrected chi connectivity index (χ4v) is 4.99. The van der Waals surface area contributed by atoms with Crippen LogP contribution in [0.5, 0.6) is 17.2 Å². The van der Waals surface area contributed by atoms with Crippen molar-refractivity contribution in [3.63, 3.8) is 0 Å². The molecule has 0 aliphatic carbocycles. The number of aromatic nitrogens is 1. The molecule has 0 saturated heterocycles. The molecule has 0 radical (unpaired) electrons. The van der Waals surface area contributed by atoms with E-state index in [-0.39, 0.29) is 17.0 Å². The predicted molar refractivity (Wildman–Crippen MR) is 159 cm³/mol. The lowest BCUT2D eigenvalue weighted by molar-refractivity contribution is -0.121. The highest BCUT2D eigenvalue weighted by Crippen LogP contribution is 2.33. The number of carbonyl (C=O) groups excluding carboxylic acids is 2. The number of hydrogen-bond acceptors (Lipinski definition) is 8. The quantitative estimate of drug-likeness (QED) is 0.119. The first-order valence-corrected chi connectivity index (χ1v) is 14.7. The molecule has 10 nitrogen and oxygen atoms in total. The van der Waals surface area contributed by atoms with Crippen LogP contribution in [-0.4, -0.2) is 56.5 Å². The summed E-state index contributed by atoms with van der Waals surface area (Å²) in [6, 6.07) is 19.0. The first-order chi connectivity index (χ1) is 20.0. The third-order valence-corrected chi connectivity index (χ3v) is 6.88. The molecule has 0 atom stereocenters. The van der Waals surface area contributed by atoms with Gasteiger partial charge in [-0.1, -0.05) is 24.3 Å². The van der Waals surface area contributed by atoms with Gasteiger partial charge >= 0.3 is 0 Å². The maximum Gasteiger partial charge on any atom is 0.278 e. The molecule has 1 N–H and O–H groups in total. The number of hydrogen-bond donors (Lipinski definition) is 1. The molecule has 4 aromatic rings. The Kier molecular flexibility index (Phi) is 9.18. The molecule has 0 fully saturated rings. The van der Waals surface area contributed by atoms with E-state index in [0.717, 1.165) is 17.3 Å². The van der Waals surface area contributed by atoms with Crippen LogP contribution in [0.25, 0.3) is 10.9 Å². The van der Waals surface area contributed by atoms with Gasteiger partial charge in [0.15, 0.2) is 21.4 Å². The Labute approximate surface area is 242 Å². The zero-order valence-corrected chi connectivity index (χ0v) is 24.2. The number of para-hydroxylation sites is 1. The number of rotatable bonds is 10. The van der Waals surface area contributed by atoms with E-state index in [2.05, 4.69) is 10.3 Å². The van der Waals surface area contributed by atoms with Crippen molar-refractivity contribution in [2.75, 3.05) is 36.6 Å². The molecule has 12 heteroatoms. The maximum atomic E-state index is 15.1. The summed E-state index contributed by atoms with van der Waals surface area (Å²) in [5, 5.41) is 5.48. The van der Waals surface area contributed by atoms with Gasteiger partial charge in [-0.25, -0.2) is 22.8 Å². The number of methoxy groups -OCH3 is 1. The molecule has 2 amide bonds. The van der Waals surface area contributed by atoms with E-state index in [1.807, 2.05) is 0 Å². The molecule has 42 heavy (non-hydrogen) atoms. The molecule has 0 spiro atoms. The standard InChI is InChI=1S/C30H29FN4O6S/c1-5-23(30(37)35(21-9-7-6-8-10-21)34(2)19-42(4,38)39)29(36)33-20-11-14-28(25(31)17-20)41-27-15-16-32-26-18-22(40-3)12-13-24(26)27/h5-18H,19H2,1-4H3,(H,33,36)/b23-5+. The highest BCUT2D eigenvalue weighted by atomic mass is 32.2. The van der Waals surface area contributed by atoms with Crippen molar-refractivity contribution >= 4 is 43.9 Å². The zero-order valence-electron chi connectivity index (χ0n) is 23.4. The van der Waals surface area contributed by atoms with E-state index in [1.54, 1.807) is 61.7 Å². The number of halogens is 1. The molecule has 0 unspecified atom stereocenters. The fraction of sp³-hybridized carbons (Fsp3) is 0.167. The average molecular weight is 593 g/mol. The number of pyridine rings is 1. The molecule has 3 aromatic carbocycles. The Morgan fingerprint density at radius 3 is 2.40 bits per heavy atom. The van der Waals surface area contributed by atoms with Crippen molar-refractivity contribution in [1.29, 1.82) is 0 Å². The van der Waals surface area contributed by atoms with Gasteiger partial charge in [-0.3, -0.25) is 14.6 Å². The second-order valence-corrected chi connectivity index (χ2v) is 11.4. The number of nitrogens with zero attached hydrogens (tertiary/aromatic N) is 3. The molecule has 4 rings (SSSR count). The van der Waals surface area contributed by atoms with Gasteiger partial charge in [0.1, 0.15) is 22.9 Å². The maximum absolute atomic E-state index is 15.1. The van der Waals surface area contributed by atoms with Crippen molar-refractivity contribution in [3.8, 4) is 17.2 Å². The average Bonchev–Trinajstić information content (AvgIpc) is 2.94. The molecular formula is C30H29FN4O6S. The first kappa shape index (κ1) is 30.2. The number of hydrazine groups is 1. The summed E-state index contributed by atoms with van der Waals surface area (Å²) in [6.07, 6.45) is 3.88. The lowest BCUT2D eigenvalue weighted by Gasteiger charge is -2.31. The molecular weight excluding hydrogens is 563 g/mol. The Bertz CT molecular complexity index is 1760. The largest absolute Gasteiger partial charge is 0.497 e. The number of anilines is 2. The first-order valence-electron chi connectivity index (χ1n) is 12.7. The van der Waals surface area contributed by atoms with Crippen LogP contribution < -0.4 is 19.8 Å². The van der Waals surface area contributed by atoms with E-state index in [1.165, 1.54) is 43.4 Å². The van der Waals surface area contributed by atoms with Gasteiger partial charge in [0.25, 0.3) is 11.8 Å². The molecule has 0 bridgehead atoms.